The second-order valence-corrected chi connectivity index (χ2v) is 7.52. The first-order valence-electron chi connectivity index (χ1n) is 7.68. The Balaban J connectivity index is 2.04. The van der Waals surface area contributed by atoms with Crippen molar-refractivity contribution in [1.82, 2.24) is 4.98 Å². The molecule has 0 bridgehead atoms. The molecule has 0 radical (unpaired) electrons. The summed E-state index contributed by atoms with van der Waals surface area (Å²) in [6.45, 7) is 1.62. The van der Waals surface area contributed by atoms with Gasteiger partial charge in [-0.25, -0.2) is 4.98 Å². The van der Waals surface area contributed by atoms with E-state index in [1.54, 1.807) is 18.7 Å². The number of oxazole rings is 1. The predicted octanol–water partition coefficient (Wildman–Crippen LogP) is 5.30. The van der Waals surface area contributed by atoms with Crippen LogP contribution in [0, 0.1) is 0 Å². The third-order valence-corrected chi connectivity index (χ3v) is 5.31. The van der Waals surface area contributed by atoms with Crippen LogP contribution in [-0.4, -0.2) is 27.6 Å². The van der Waals surface area contributed by atoms with Crippen LogP contribution in [0.15, 0.2) is 69.1 Å². The van der Waals surface area contributed by atoms with E-state index in [1.807, 2.05) is 60.9 Å². The summed E-state index contributed by atoms with van der Waals surface area (Å²) in [5.41, 5.74) is 2.57. The van der Waals surface area contributed by atoms with Gasteiger partial charge in [-0.15, -0.1) is 11.8 Å². The fourth-order valence-electron chi connectivity index (χ4n) is 2.28. The molecule has 128 valence electrons. The summed E-state index contributed by atoms with van der Waals surface area (Å²) in [6.07, 6.45) is 2.03. The minimum absolute atomic E-state index is 0.359. The third kappa shape index (κ3) is 4.08. The van der Waals surface area contributed by atoms with Crippen LogP contribution in [0.3, 0.4) is 0 Å². The van der Waals surface area contributed by atoms with Crippen molar-refractivity contribution >= 4 is 29.5 Å². The molecule has 2 aromatic carbocycles. The molecule has 0 aliphatic rings. The van der Waals surface area contributed by atoms with Crippen LogP contribution < -0.4 is 0 Å². The van der Waals surface area contributed by atoms with Crippen molar-refractivity contribution in [3.05, 3.63) is 54.6 Å². The molecule has 3 aromatic rings. The number of carboxylic acids is 1. The monoisotopic (exact) mass is 371 g/mol. The zero-order valence-corrected chi connectivity index (χ0v) is 15.4. The number of hydrogen-bond donors (Lipinski definition) is 1. The predicted molar refractivity (Wildman–Crippen MR) is 102 cm³/mol. The average Bonchev–Trinajstić information content (AvgIpc) is 3.06. The Morgan fingerprint density at radius 1 is 1.08 bits per heavy atom. The third-order valence-electron chi connectivity index (χ3n) is 3.63. The second-order valence-electron chi connectivity index (χ2n) is 5.35. The Morgan fingerprint density at radius 2 is 1.76 bits per heavy atom. The fourth-order valence-corrected chi connectivity index (χ4v) is 3.37. The van der Waals surface area contributed by atoms with Gasteiger partial charge in [0.1, 0.15) is 10.9 Å². The summed E-state index contributed by atoms with van der Waals surface area (Å²) in [4.78, 5) is 16.8. The van der Waals surface area contributed by atoms with Gasteiger partial charge in [-0.05, 0) is 25.3 Å². The van der Waals surface area contributed by atoms with Crippen LogP contribution in [0.1, 0.15) is 6.92 Å². The lowest BCUT2D eigenvalue weighted by Gasteiger charge is -2.02. The number of benzene rings is 2. The summed E-state index contributed by atoms with van der Waals surface area (Å²) in [5.74, 6) is -0.243. The maximum absolute atomic E-state index is 11.1. The quantitative estimate of drug-likeness (QED) is 0.594. The molecule has 0 fully saturated rings. The van der Waals surface area contributed by atoms with Crippen LogP contribution in [0.2, 0.25) is 0 Å². The lowest BCUT2D eigenvalue weighted by Crippen LogP contribution is -2.10. The van der Waals surface area contributed by atoms with Crippen LogP contribution in [-0.2, 0) is 4.79 Å². The van der Waals surface area contributed by atoms with Gasteiger partial charge in [-0.1, -0.05) is 54.2 Å². The van der Waals surface area contributed by atoms with Crippen LogP contribution in [0.25, 0.3) is 22.6 Å². The summed E-state index contributed by atoms with van der Waals surface area (Å²) in [7, 11) is 0. The zero-order valence-electron chi connectivity index (χ0n) is 13.8. The van der Waals surface area contributed by atoms with E-state index in [0.29, 0.717) is 11.0 Å². The van der Waals surface area contributed by atoms with E-state index in [-0.39, 0.29) is 0 Å². The summed E-state index contributed by atoms with van der Waals surface area (Å²) in [5, 5.41) is 8.85. The molecule has 1 aromatic heterocycles. The number of rotatable bonds is 6. The van der Waals surface area contributed by atoms with Gasteiger partial charge in [-0.2, -0.15) is 0 Å². The van der Waals surface area contributed by atoms with E-state index in [2.05, 4.69) is 4.98 Å². The first-order chi connectivity index (χ1) is 12.1. The highest BCUT2D eigenvalue weighted by Crippen LogP contribution is 2.37. The smallest absolute Gasteiger partial charge is 0.316 e. The van der Waals surface area contributed by atoms with Crippen molar-refractivity contribution in [3.63, 3.8) is 0 Å². The minimum atomic E-state index is -0.893. The Hall–Kier alpha value is -2.18. The molecular weight excluding hydrogens is 354 g/mol. The van der Waals surface area contributed by atoms with Gasteiger partial charge in [0, 0.05) is 16.0 Å². The van der Waals surface area contributed by atoms with Crippen molar-refractivity contribution in [2.75, 3.05) is 6.26 Å². The van der Waals surface area contributed by atoms with E-state index in [4.69, 9.17) is 9.52 Å². The molecule has 1 atom stereocenters. The second kappa shape index (κ2) is 7.80. The largest absolute Gasteiger partial charge is 0.480 e. The average molecular weight is 371 g/mol. The molecular formula is C19H17NO3S2. The topological polar surface area (TPSA) is 63.3 Å². The first-order valence-corrected chi connectivity index (χ1v) is 9.79. The molecule has 3 rings (SSSR count). The molecule has 25 heavy (non-hydrogen) atoms. The van der Waals surface area contributed by atoms with Gasteiger partial charge in [0.05, 0.1) is 0 Å². The van der Waals surface area contributed by atoms with E-state index in [0.717, 1.165) is 28.6 Å². The molecule has 1 unspecified atom stereocenters. The maximum atomic E-state index is 11.1. The highest BCUT2D eigenvalue weighted by molar-refractivity contribution is 8.00. The Morgan fingerprint density at radius 3 is 2.36 bits per heavy atom. The summed E-state index contributed by atoms with van der Waals surface area (Å²) < 4.78 is 5.92. The lowest BCUT2D eigenvalue weighted by molar-refractivity contribution is -0.136. The lowest BCUT2D eigenvalue weighted by atomic mass is 10.1. The molecule has 0 aliphatic heterocycles. The van der Waals surface area contributed by atoms with Crippen LogP contribution in [0.4, 0.5) is 0 Å². The van der Waals surface area contributed by atoms with Crippen molar-refractivity contribution in [1.29, 1.82) is 0 Å². The molecule has 0 saturated heterocycles. The molecule has 4 nitrogen and oxygen atoms in total. The van der Waals surface area contributed by atoms with Crippen LogP contribution >= 0.6 is 23.5 Å². The number of aliphatic carboxylic acids is 1. The zero-order chi connectivity index (χ0) is 17.8. The Bertz CT molecular complexity index is 860. The van der Waals surface area contributed by atoms with Crippen LogP contribution in [0.5, 0.6) is 0 Å². The van der Waals surface area contributed by atoms with Gasteiger partial charge < -0.3 is 9.52 Å². The van der Waals surface area contributed by atoms with Crippen molar-refractivity contribution in [3.8, 4) is 22.6 Å². The first kappa shape index (κ1) is 17.6. The molecule has 6 heteroatoms. The number of hydrogen-bond acceptors (Lipinski definition) is 5. The summed E-state index contributed by atoms with van der Waals surface area (Å²) in [6, 6.07) is 17.8. The van der Waals surface area contributed by atoms with E-state index >= 15 is 0 Å². The minimum Gasteiger partial charge on any atom is -0.480 e. The number of carbonyl (C=O) groups is 1. The van der Waals surface area contributed by atoms with E-state index < -0.39 is 11.2 Å². The SMILES string of the molecule is CSc1ccc(-c2nc(SC(C)C(=O)O)oc2-c2ccccc2)cc1. The highest BCUT2D eigenvalue weighted by Gasteiger charge is 2.21. The molecule has 0 aliphatic carbocycles. The molecule has 1 heterocycles. The number of nitrogens with zero attached hydrogens (tertiary/aromatic N) is 1. The van der Waals surface area contributed by atoms with Gasteiger partial charge >= 0.3 is 5.97 Å². The normalized spacial score (nSPS) is 12.1. The fraction of sp³-hybridized carbons (Fsp3) is 0.158. The Labute approximate surface area is 154 Å². The molecule has 0 amide bonds. The standard InChI is InChI=1S/C19H17NO3S2/c1-12(18(21)22)25-19-20-16(13-8-10-15(24-2)11-9-13)17(23-19)14-6-4-3-5-7-14/h3-12H,1-2H3,(H,21,22). The van der Waals surface area contributed by atoms with Gasteiger partial charge in [-0.3, -0.25) is 4.79 Å². The van der Waals surface area contributed by atoms with Crippen molar-refractivity contribution < 1.29 is 14.3 Å². The summed E-state index contributed by atoms with van der Waals surface area (Å²) >= 11 is 2.78. The van der Waals surface area contributed by atoms with Gasteiger partial charge in [0.2, 0.25) is 0 Å². The number of aromatic nitrogens is 1. The van der Waals surface area contributed by atoms with Crippen molar-refractivity contribution in [2.24, 2.45) is 0 Å². The maximum Gasteiger partial charge on any atom is 0.316 e. The van der Waals surface area contributed by atoms with E-state index in [9.17, 15) is 4.79 Å². The van der Waals surface area contributed by atoms with Gasteiger partial charge in [0.25, 0.3) is 5.22 Å². The molecule has 0 saturated carbocycles. The van der Waals surface area contributed by atoms with Gasteiger partial charge in [0.15, 0.2) is 5.76 Å². The van der Waals surface area contributed by atoms with E-state index in [1.165, 1.54) is 4.90 Å². The van der Waals surface area contributed by atoms with Crippen molar-refractivity contribution in [2.45, 2.75) is 22.3 Å². The Kier molecular flexibility index (Phi) is 5.50. The molecule has 1 N–H and O–H groups in total. The number of carboxylic acid groups (broad SMARTS) is 1. The number of thioether (sulfide) groups is 2. The molecule has 0 spiro atoms. The highest BCUT2D eigenvalue weighted by atomic mass is 32.2.